The monoisotopic (exact) mass is 422 g/mol. The van der Waals surface area contributed by atoms with E-state index in [0.717, 1.165) is 0 Å². The molecule has 0 aliphatic heterocycles. The molecule has 0 bridgehead atoms. The van der Waals surface area contributed by atoms with Gasteiger partial charge in [0, 0.05) is 15.6 Å². The van der Waals surface area contributed by atoms with Crippen LogP contribution in [-0.2, 0) is 25.4 Å². The third-order valence-corrected chi connectivity index (χ3v) is 7.72. The maximum atomic E-state index is 12.4. The van der Waals surface area contributed by atoms with Crippen molar-refractivity contribution in [2.75, 3.05) is 18.6 Å². The highest BCUT2D eigenvalue weighted by molar-refractivity contribution is 7.94. The maximum Gasteiger partial charge on any atom is 0.179 e. The van der Waals surface area contributed by atoms with Gasteiger partial charge in [-0.25, -0.2) is 16.8 Å². The van der Waals surface area contributed by atoms with E-state index in [1.165, 1.54) is 37.4 Å². The molecule has 0 N–H and O–H groups in total. The molecule has 0 unspecified atom stereocenters. The molecule has 0 spiro atoms. The first-order valence-corrected chi connectivity index (χ1v) is 11.4. The first-order valence-electron chi connectivity index (χ1n) is 7.15. The number of halogens is 2. The van der Waals surface area contributed by atoms with Crippen molar-refractivity contribution in [3.63, 3.8) is 0 Å². The van der Waals surface area contributed by atoms with Crippen LogP contribution in [0.15, 0.2) is 47.4 Å². The minimum Gasteiger partial charge on any atom is -0.497 e. The molecule has 5 nitrogen and oxygen atoms in total. The zero-order chi connectivity index (χ0) is 18.7. The zero-order valence-electron chi connectivity index (χ0n) is 13.3. The molecule has 0 fully saturated rings. The van der Waals surface area contributed by atoms with Gasteiger partial charge in [0.1, 0.15) is 5.75 Å². The summed E-state index contributed by atoms with van der Waals surface area (Å²) in [6.07, 6.45) is 0. The molecule has 0 heterocycles. The standard InChI is InChI=1S/C16H16Cl2O5S2/c1-23-12-4-2-5-13(10-12)25(21,22)9-8-24(19,20)11-14-15(17)6-3-7-16(14)18/h2-7,10H,8-9,11H2,1H3. The number of sulfone groups is 2. The van der Waals surface area contributed by atoms with Crippen LogP contribution in [0.5, 0.6) is 5.75 Å². The van der Waals surface area contributed by atoms with E-state index in [-0.39, 0.29) is 20.5 Å². The van der Waals surface area contributed by atoms with Gasteiger partial charge in [-0.05, 0) is 30.3 Å². The Morgan fingerprint density at radius 2 is 1.52 bits per heavy atom. The van der Waals surface area contributed by atoms with Crippen molar-refractivity contribution in [3.8, 4) is 5.75 Å². The van der Waals surface area contributed by atoms with E-state index in [1.54, 1.807) is 12.1 Å². The van der Waals surface area contributed by atoms with Crippen molar-refractivity contribution in [1.82, 2.24) is 0 Å². The fraction of sp³-hybridized carbons (Fsp3) is 0.250. The first-order chi connectivity index (χ1) is 11.6. The van der Waals surface area contributed by atoms with E-state index >= 15 is 0 Å². The summed E-state index contributed by atoms with van der Waals surface area (Å²) < 4.78 is 54.3. The number of methoxy groups -OCH3 is 1. The van der Waals surface area contributed by atoms with Crippen molar-refractivity contribution >= 4 is 42.9 Å². The molecule has 0 saturated carbocycles. The fourth-order valence-corrected chi connectivity index (χ4v) is 6.41. The van der Waals surface area contributed by atoms with Crippen LogP contribution in [-0.4, -0.2) is 35.5 Å². The highest BCUT2D eigenvalue weighted by Gasteiger charge is 2.22. The predicted molar refractivity (Wildman–Crippen MR) is 99.0 cm³/mol. The molecule has 0 atom stereocenters. The number of benzene rings is 2. The van der Waals surface area contributed by atoms with E-state index < -0.39 is 36.9 Å². The van der Waals surface area contributed by atoms with Crippen molar-refractivity contribution in [1.29, 1.82) is 0 Å². The molecular formula is C16H16Cl2O5S2. The summed E-state index contributed by atoms with van der Waals surface area (Å²) in [6.45, 7) is 0. The summed E-state index contributed by atoms with van der Waals surface area (Å²) in [5, 5.41) is 0.457. The van der Waals surface area contributed by atoms with Crippen LogP contribution in [0, 0.1) is 0 Å². The van der Waals surface area contributed by atoms with Crippen LogP contribution in [0.4, 0.5) is 0 Å². The second-order valence-electron chi connectivity index (χ2n) is 5.29. The minimum atomic E-state index is -3.76. The van der Waals surface area contributed by atoms with Crippen LogP contribution in [0.1, 0.15) is 5.56 Å². The molecule has 9 heteroatoms. The summed E-state index contributed by atoms with van der Waals surface area (Å²) in [6, 6.07) is 10.6. The van der Waals surface area contributed by atoms with Gasteiger partial charge in [-0.2, -0.15) is 0 Å². The number of hydrogen-bond acceptors (Lipinski definition) is 5. The lowest BCUT2D eigenvalue weighted by Crippen LogP contribution is -2.19. The maximum absolute atomic E-state index is 12.4. The Morgan fingerprint density at radius 3 is 2.12 bits per heavy atom. The van der Waals surface area contributed by atoms with Crippen LogP contribution >= 0.6 is 23.2 Å². The topological polar surface area (TPSA) is 77.5 Å². The Morgan fingerprint density at radius 1 is 0.920 bits per heavy atom. The average molecular weight is 423 g/mol. The lowest BCUT2D eigenvalue weighted by Gasteiger charge is -2.09. The first kappa shape index (κ1) is 20.0. The largest absolute Gasteiger partial charge is 0.497 e. The van der Waals surface area contributed by atoms with E-state index in [1.807, 2.05) is 0 Å². The van der Waals surface area contributed by atoms with Gasteiger partial charge in [0.15, 0.2) is 19.7 Å². The number of hydrogen-bond donors (Lipinski definition) is 0. The Bertz CT molecular complexity index is 950. The molecule has 0 aliphatic carbocycles. The van der Waals surface area contributed by atoms with Gasteiger partial charge >= 0.3 is 0 Å². The summed E-state index contributed by atoms with van der Waals surface area (Å²) in [5.41, 5.74) is 0.268. The molecule has 0 aliphatic rings. The second-order valence-corrected chi connectivity index (χ2v) is 10.4. The summed E-state index contributed by atoms with van der Waals surface area (Å²) in [4.78, 5) is 0.0119. The van der Waals surface area contributed by atoms with Crippen molar-refractivity contribution in [2.24, 2.45) is 0 Å². The molecule has 2 rings (SSSR count). The van der Waals surface area contributed by atoms with Crippen molar-refractivity contribution in [2.45, 2.75) is 10.6 Å². The fourth-order valence-electron chi connectivity index (χ4n) is 2.11. The molecule has 0 amide bonds. The van der Waals surface area contributed by atoms with Gasteiger partial charge in [0.25, 0.3) is 0 Å². The molecule has 25 heavy (non-hydrogen) atoms. The summed E-state index contributed by atoms with van der Waals surface area (Å²) in [7, 11) is -6.06. The molecule has 2 aromatic rings. The highest BCUT2D eigenvalue weighted by Crippen LogP contribution is 2.26. The normalized spacial score (nSPS) is 12.1. The van der Waals surface area contributed by atoms with Crippen LogP contribution in [0.3, 0.4) is 0 Å². The predicted octanol–water partition coefficient (Wildman–Crippen LogP) is 3.39. The molecule has 0 aromatic heterocycles. The van der Waals surface area contributed by atoms with Crippen molar-refractivity contribution in [3.05, 3.63) is 58.1 Å². The van der Waals surface area contributed by atoms with E-state index in [2.05, 4.69) is 0 Å². The Hall–Kier alpha value is -1.28. The summed E-state index contributed by atoms with van der Waals surface area (Å²) in [5.74, 6) is -1.11. The lowest BCUT2D eigenvalue weighted by molar-refractivity contribution is 0.413. The third kappa shape index (κ3) is 5.34. The zero-order valence-corrected chi connectivity index (χ0v) is 16.4. The van der Waals surface area contributed by atoms with Gasteiger partial charge in [0.2, 0.25) is 0 Å². The van der Waals surface area contributed by atoms with Crippen LogP contribution < -0.4 is 4.74 Å². The van der Waals surface area contributed by atoms with Gasteiger partial charge in [-0.15, -0.1) is 0 Å². The van der Waals surface area contributed by atoms with Gasteiger partial charge in [-0.1, -0.05) is 35.3 Å². The van der Waals surface area contributed by atoms with Crippen molar-refractivity contribution < 1.29 is 21.6 Å². The van der Waals surface area contributed by atoms with E-state index in [9.17, 15) is 16.8 Å². The molecule has 136 valence electrons. The quantitative estimate of drug-likeness (QED) is 0.682. The van der Waals surface area contributed by atoms with E-state index in [0.29, 0.717) is 5.75 Å². The van der Waals surface area contributed by atoms with Gasteiger partial charge < -0.3 is 4.74 Å². The Balaban J connectivity index is 2.16. The second kappa shape index (κ2) is 7.95. The molecule has 2 aromatic carbocycles. The number of ether oxygens (including phenoxy) is 1. The SMILES string of the molecule is COc1cccc(S(=O)(=O)CCS(=O)(=O)Cc2c(Cl)cccc2Cl)c1. The average Bonchev–Trinajstić information content (AvgIpc) is 2.57. The summed E-state index contributed by atoms with van der Waals surface area (Å²) >= 11 is 11.9. The highest BCUT2D eigenvalue weighted by atomic mass is 35.5. The minimum absolute atomic E-state index is 0.0119. The third-order valence-electron chi connectivity index (χ3n) is 3.49. The van der Waals surface area contributed by atoms with Crippen LogP contribution in [0.25, 0.3) is 0 Å². The Kier molecular flexibility index (Phi) is 6.37. The smallest absolute Gasteiger partial charge is 0.179 e. The van der Waals surface area contributed by atoms with E-state index in [4.69, 9.17) is 27.9 Å². The van der Waals surface area contributed by atoms with Gasteiger partial charge in [0.05, 0.1) is 29.3 Å². The molecular weight excluding hydrogens is 407 g/mol. The van der Waals surface area contributed by atoms with Crippen LogP contribution in [0.2, 0.25) is 10.0 Å². The Labute approximate surface area is 157 Å². The molecule has 0 radical (unpaired) electrons. The lowest BCUT2D eigenvalue weighted by atomic mass is 10.2. The van der Waals surface area contributed by atoms with Gasteiger partial charge in [-0.3, -0.25) is 0 Å². The molecule has 0 saturated heterocycles. The number of rotatable bonds is 7.